The van der Waals surface area contributed by atoms with Gasteiger partial charge in [0.2, 0.25) is 0 Å². The van der Waals surface area contributed by atoms with Crippen molar-refractivity contribution in [3.63, 3.8) is 0 Å². The molecule has 0 atom stereocenters. The first kappa shape index (κ1) is 10.2. The van der Waals surface area contributed by atoms with E-state index in [1.165, 1.54) is 4.88 Å². The van der Waals surface area contributed by atoms with Crippen molar-refractivity contribution >= 4 is 22.2 Å². The Morgan fingerprint density at radius 1 is 1.27 bits per heavy atom. The van der Waals surface area contributed by atoms with E-state index in [1.807, 2.05) is 27.1 Å². The van der Waals surface area contributed by atoms with Crippen LogP contribution in [0.1, 0.15) is 16.3 Å². The molecule has 15 heavy (non-hydrogen) atoms. The molecule has 0 aromatic carbocycles. The first-order valence-electron chi connectivity index (χ1n) is 4.77. The van der Waals surface area contributed by atoms with Gasteiger partial charge in [-0.1, -0.05) is 0 Å². The summed E-state index contributed by atoms with van der Waals surface area (Å²) in [6.45, 7) is 6.08. The molecular weight excluding hydrogens is 208 g/mol. The lowest BCUT2D eigenvalue weighted by molar-refractivity contribution is 0.756. The smallest absolute Gasteiger partial charge is 0.187 e. The zero-order chi connectivity index (χ0) is 11.0. The van der Waals surface area contributed by atoms with Gasteiger partial charge in [0.15, 0.2) is 5.13 Å². The minimum Gasteiger partial charge on any atom is -0.329 e. The zero-order valence-electron chi connectivity index (χ0n) is 9.33. The number of rotatable bonds is 2. The van der Waals surface area contributed by atoms with E-state index in [-0.39, 0.29) is 0 Å². The maximum Gasteiger partial charge on any atom is 0.187 e. The highest BCUT2D eigenvalue weighted by Crippen LogP contribution is 2.25. The monoisotopic (exact) mass is 222 g/mol. The van der Waals surface area contributed by atoms with E-state index in [1.54, 1.807) is 16.0 Å². The Morgan fingerprint density at radius 2 is 2.00 bits per heavy atom. The predicted octanol–water partition coefficient (Wildman–Crippen LogP) is 2.55. The van der Waals surface area contributed by atoms with Crippen molar-refractivity contribution < 1.29 is 0 Å². The molecule has 0 bridgehead atoms. The SMILES string of the molecule is Cc1nn(C)cc1Nc1nc(C)c(C)s1. The third-order valence-corrected chi connectivity index (χ3v) is 3.27. The van der Waals surface area contributed by atoms with Crippen molar-refractivity contribution in [3.05, 3.63) is 22.5 Å². The molecule has 0 aliphatic rings. The van der Waals surface area contributed by atoms with Crippen LogP contribution in [0, 0.1) is 20.8 Å². The van der Waals surface area contributed by atoms with Crippen molar-refractivity contribution in [1.82, 2.24) is 14.8 Å². The summed E-state index contributed by atoms with van der Waals surface area (Å²) in [6, 6.07) is 0. The maximum atomic E-state index is 4.43. The summed E-state index contributed by atoms with van der Waals surface area (Å²) >= 11 is 1.67. The van der Waals surface area contributed by atoms with Crippen LogP contribution in [0.5, 0.6) is 0 Å². The third-order valence-electron chi connectivity index (χ3n) is 2.28. The van der Waals surface area contributed by atoms with Crippen LogP contribution in [0.2, 0.25) is 0 Å². The summed E-state index contributed by atoms with van der Waals surface area (Å²) in [7, 11) is 1.91. The molecule has 5 heteroatoms. The van der Waals surface area contributed by atoms with Crippen LogP contribution in [-0.2, 0) is 7.05 Å². The van der Waals surface area contributed by atoms with Crippen molar-refractivity contribution in [1.29, 1.82) is 0 Å². The summed E-state index contributed by atoms with van der Waals surface area (Å²) in [5, 5.41) is 8.48. The number of nitrogens with one attached hydrogen (secondary N) is 1. The molecule has 0 amide bonds. The molecule has 0 unspecified atom stereocenters. The minimum atomic E-state index is 0.932. The van der Waals surface area contributed by atoms with Gasteiger partial charge in [-0.25, -0.2) is 4.98 Å². The summed E-state index contributed by atoms with van der Waals surface area (Å²) in [5.41, 5.74) is 3.10. The van der Waals surface area contributed by atoms with E-state index in [0.717, 1.165) is 22.2 Å². The highest BCUT2D eigenvalue weighted by atomic mass is 32.1. The predicted molar refractivity (Wildman–Crippen MR) is 62.8 cm³/mol. The van der Waals surface area contributed by atoms with Gasteiger partial charge in [0, 0.05) is 18.1 Å². The molecule has 0 aliphatic carbocycles. The lowest BCUT2D eigenvalue weighted by Gasteiger charge is -1.97. The zero-order valence-corrected chi connectivity index (χ0v) is 10.1. The minimum absolute atomic E-state index is 0.932. The van der Waals surface area contributed by atoms with E-state index < -0.39 is 0 Å². The Balaban J connectivity index is 2.25. The highest BCUT2D eigenvalue weighted by molar-refractivity contribution is 7.15. The van der Waals surface area contributed by atoms with Crippen LogP contribution in [0.15, 0.2) is 6.20 Å². The fourth-order valence-electron chi connectivity index (χ4n) is 1.36. The quantitative estimate of drug-likeness (QED) is 0.849. The number of thiazole rings is 1. The molecule has 80 valence electrons. The molecule has 4 nitrogen and oxygen atoms in total. The number of hydrogen-bond donors (Lipinski definition) is 1. The normalized spacial score (nSPS) is 10.7. The number of anilines is 2. The number of aromatic nitrogens is 3. The Kier molecular flexibility index (Phi) is 2.48. The van der Waals surface area contributed by atoms with Gasteiger partial charge in [-0.15, -0.1) is 11.3 Å². The van der Waals surface area contributed by atoms with Crippen LogP contribution in [0.25, 0.3) is 0 Å². The molecule has 2 aromatic rings. The lowest BCUT2D eigenvalue weighted by atomic mass is 10.4. The molecule has 0 saturated heterocycles. The summed E-state index contributed by atoms with van der Waals surface area (Å²) < 4.78 is 1.80. The topological polar surface area (TPSA) is 42.7 Å². The standard InChI is InChI=1S/C10H14N4S/c1-6-8(3)15-10(11-6)12-9-5-14(4)13-7(9)2/h5H,1-4H3,(H,11,12). The van der Waals surface area contributed by atoms with Crippen molar-refractivity contribution in [2.24, 2.45) is 7.05 Å². The van der Waals surface area contributed by atoms with Gasteiger partial charge in [-0.3, -0.25) is 4.68 Å². The van der Waals surface area contributed by atoms with Gasteiger partial charge in [0.1, 0.15) is 0 Å². The Labute approximate surface area is 93.0 Å². The van der Waals surface area contributed by atoms with E-state index >= 15 is 0 Å². The molecule has 2 aromatic heterocycles. The molecule has 0 radical (unpaired) electrons. The van der Waals surface area contributed by atoms with Gasteiger partial charge in [-0.2, -0.15) is 5.10 Å². The van der Waals surface area contributed by atoms with Gasteiger partial charge >= 0.3 is 0 Å². The van der Waals surface area contributed by atoms with Crippen molar-refractivity contribution in [2.75, 3.05) is 5.32 Å². The van der Waals surface area contributed by atoms with Crippen molar-refractivity contribution in [3.8, 4) is 0 Å². The third kappa shape index (κ3) is 2.02. The van der Waals surface area contributed by atoms with E-state index in [9.17, 15) is 0 Å². The first-order valence-corrected chi connectivity index (χ1v) is 5.59. The molecule has 0 aliphatic heterocycles. The van der Waals surface area contributed by atoms with E-state index in [2.05, 4.69) is 22.3 Å². The van der Waals surface area contributed by atoms with Gasteiger partial charge in [-0.05, 0) is 20.8 Å². The van der Waals surface area contributed by atoms with Crippen LogP contribution in [0.3, 0.4) is 0 Å². The molecule has 0 spiro atoms. The Bertz CT molecular complexity index is 464. The molecule has 0 saturated carbocycles. The first-order chi connectivity index (χ1) is 7.06. The number of hydrogen-bond acceptors (Lipinski definition) is 4. The molecule has 2 rings (SSSR count). The molecule has 2 heterocycles. The highest BCUT2D eigenvalue weighted by Gasteiger charge is 2.07. The van der Waals surface area contributed by atoms with Crippen LogP contribution in [0.4, 0.5) is 10.8 Å². The summed E-state index contributed by atoms with van der Waals surface area (Å²) in [6.07, 6.45) is 1.96. The second-order valence-electron chi connectivity index (χ2n) is 3.59. The maximum absolute atomic E-state index is 4.43. The molecule has 0 fully saturated rings. The largest absolute Gasteiger partial charge is 0.329 e. The fourth-order valence-corrected chi connectivity index (χ4v) is 2.19. The van der Waals surface area contributed by atoms with Gasteiger partial charge in [0.25, 0.3) is 0 Å². The average Bonchev–Trinajstić information content (AvgIpc) is 2.59. The second-order valence-corrected chi connectivity index (χ2v) is 4.79. The second kappa shape index (κ2) is 3.66. The summed E-state index contributed by atoms with van der Waals surface area (Å²) in [5.74, 6) is 0. The molecule has 1 N–H and O–H groups in total. The van der Waals surface area contributed by atoms with E-state index in [4.69, 9.17) is 0 Å². The van der Waals surface area contributed by atoms with Crippen LogP contribution < -0.4 is 5.32 Å². The average molecular weight is 222 g/mol. The van der Waals surface area contributed by atoms with Crippen LogP contribution >= 0.6 is 11.3 Å². The lowest BCUT2D eigenvalue weighted by Crippen LogP contribution is -1.89. The molecular formula is C10H14N4S. The number of nitrogens with zero attached hydrogens (tertiary/aromatic N) is 3. The van der Waals surface area contributed by atoms with E-state index in [0.29, 0.717) is 0 Å². The van der Waals surface area contributed by atoms with Gasteiger partial charge < -0.3 is 5.32 Å². The fraction of sp³-hybridized carbons (Fsp3) is 0.400. The Hall–Kier alpha value is -1.36. The van der Waals surface area contributed by atoms with Gasteiger partial charge in [0.05, 0.1) is 17.1 Å². The Morgan fingerprint density at radius 3 is 2.47 bits per heavy atom. The number of aryl methyl sites for hydroxylation is 4. The van der Waals surface area contributed by atoms with Crippen LogP contribution in [-0.4, -0.2) is 14.8 Å². The summed E-state index contributed by atoms with van der Waals surface area (Å²) in [4.78, 5) is 5.68. The van der Waals surface area contributed by atoms with Crippen molar-refractivity contribution in [2.45, 2.75) is 20.8 Å².